The van der Waals surface area contributed by atoms with E-state index in [1.807, 2.05) is 13.1 Å². The normalized spacial score (nSPS) is 10.6. The molecule has 0 fully saturated rings. The molecule has 2 aromatic rings. The minimum absolute atomic E-state index is 0.214. The fourth-order valence-electron chi connectivity index (χ4n) is 1.50. The Morgan fingerprint density at radius 2 is 2.19 bits per heavy atom. The Bertz CT molecular complexity index is 467. The maximum absolute atomic E-state index is 13.4. The molecule has 0 aliphatic heterocycles. The summed E-state index contributed by atoms with van der Waals surface area (Å²) in [6.07, 6.45) is 1.48. The molecule has 1 N–H and O–H groups in total. The Balaban J connectivity index is 2.20. The summed E-state index contributed by atoms with van der Waals surface area (Å²) in [5.74, 6) is 0.583. The van der Waals surface area contributed by atoms with Crippen LogP contribution >= 0.6 is 0 Å². The number of hydrogen-bond acceptors (Lipinski definition) is 3. The monoisotopic (exact) mass is 220 g/mol. The Morgan fingerprint density at radius 3 is 2.94 bits per heavy atom. The molecule has 0 saturated carbocycles. The van der Waals surface area contributed by atoms with E-state index in [0.29, 0.717) is 18.7 Å². The molecule has 0 aliphatic rings. The molecule has 1 aromatic carbocycles. The van der Waals surface area contributed by atoms with Gasteiger partial charge in [-0.3, -0.25) is 0 Å². The Morgan fingerprint density at radius 1 is 1.38 bits per heavy atom. The van der Waals surface area contributed by atoms with E-state index in [9.17, 15) is 4.39 Å². The van der Waals surface area contributed by atoms with Crippen molar-refractivity contribution in [3.63, 3.8) is 0 Å². The van der Waals surface area contributed by atoms with Gasteiger partial charge in [0, 0.05) is 5.56 Å². The predicted octanol–water partition coefficient (Wildman–Crippen LogP) is 1.18. The van der Waals surface area contributed by atoms with Gasteiger partial charge in [-0.2, -0.15) is 5.10 Å². The summed E-state index contributed by atoms with van der Waals surface area (Å²) < 4.78 is 15.1. The zero-order valence-electron chi connectivity index (χ0n) is 9.02. The molecule has 1 aromatic heterocycles. The topological polar surface area (TPSA) is 42.7 Å². The summed E-state index contributed by atoms with van der Waals surface area (Å²) in [7, 11) is 1.84. The van der Waals surface area contributed by atoms with Crippen molar-refractivity contribution in [1.82, 2.24) is 20.1 Å². The molecule has 0 amide bonds. The Hall–Kier alpha value is -1.75. The first-order chi connectivity index (χ1) is 7.81. The van der Waals surface area contributed by atoms with Crippen molar-refractivity contribution < 1.29 is 4.39 Å². The highest BCUT2D eigenvalue weighted by Gasteiger charge is 2.06. The summed E-state index contributed by atoms with van der Waals surface area (Å²) >= 11 is 0. The molecule has 1 heterocycles. The van der Waals surface area contributed by atoms with Crippen LogP contribution in [0, 0.1) is 5.82 Å². The Kier molecular flexibility index (Phi) is 3.26. The van der Waals surface area contributed by atoms with Gasteiger partial charge in [0.05, 0.1) is 13.1 Å². The van der Waals surface area contributed by atoms with Crippen LogP contribution in [0.25, 0.3) is 0 Å². The van der Waals surface area contributed by atoms with Crippen LogP contribution in [0.2, 0.25) is 0 Å². The van der Waals surface area contributed by atoms with Crippen LogP contribution in [-0.4, -0.2) is 21.8 Å². The van der Waals surface area contributed by atoms with E-state index in [-0.39, 0.29) is 5.82 Å². The van der Waals surface area contributed by atoms with Crippen LogP contribution in [0.15, 0.2) is 30.6 Å². The van der Waals surface area contributed by atoms with E-state index < -0.39 is 0 Å². The van der Waals surface area contributed by atoms with Crippen LogP contribution in [0.1, 0.15) is 11.4 Å². The average molecular weight is 220 g/mol. The van der Waals surface area contributed by atoms with Crippen LogP contribution in [0.5, 0.6) is 0 Å². The standard InChI is InChI=1S/C11H13FN4/c1-13-6-11-14-8-15-16(11)7-9-4-2-3-5-10(9)12/h2-5,8,13H,6-7H2,1H3. The van der Waals surface area contributed by atoms with Crippen molar-refractivity contribution in [2.45, 2.75) is 13.1 Å². The average Bonchev–Trinajstić information content (AvgIpc) is 2.70. The van der Waals surface area contributed by atoms with Crippen molar-refractivity contribution in [3.05, 3.63) is 47.8 Å². The lowest BCUT2D eigenvalue weighted by molar-refractivity contribution is 0.566. The first-order valence-electron chi connectivity index (χ1n) is 5.06. The van der Waals surface area contributed by atoms with Gasteiger partial charge in [0.25, 0.3) is 0 Å². The fourth-order valence-corrected chi connectivity index (χ4v) is 1.50. The molecule has 84 valence electrons. The molecule has 0 atom stereocenters. The van der Waals surface area contributed by atoms with Crippen LogP contribution < -0.4 is 5.32 Å². The van der Waals surface area contributed by atoms with Gasteiger partial charge in [-0.15, -0.1) is 0 Å². The third-order valence-electron chi connectivity index (χ3n) is 2.31. The van der Waals surface area contributed by atoms with Crippen molar-refractivity contribution in [2.75, 3.05) is 7.05 Å². The zero-order chi connectivity index (χ0) is 11.4. The van der Waals surface area contributed by atoms with Gasteiger partial charge >= 0.3 is 0 Å². The summed E-state index contributed by atoms with van der Waals surface area (Å²) in [4.78, 5) is 4.10. The molecular formula is C11H13FN4. The van der Waals surface area contributed by atoms with E-state index in [4.69, 9.17) is 0 Å². The number of halogens is 1. The SMILES string of the molecule is CNCc1ncnn1Cc1ccccc1F. The summed E-state index contributed by atoms with van der Waals surface area (Å²) in [6, 6.07) is 6.69. The van der Waals surface area contributed by atoms with E-state index >= 15 is 0 Å². The van der Waals surface area contributed by atoms with Gasteiger partial charge in [0.1, 0.15) is 18.0 Å². The summed E-state index contributed by atoms with van der Waals surface area (Å²) in [6.45, 7) is 1.03. The second-order valence-electron chi connectivity index (χ2n) is 3.46. The lowest BCUT2D eigenvalue weighted by Gasteiger charge is -2.06. The summed E-state index contributed by atoms with van der Waals surface area (Å²) in [5, 5.41) is 7.06. The molecule has 0 bridgehead atoms. The molecule has 0 spiro atoms. The highest BCUT2D eigenvalue weighted by molar-refractivity contribution is 5.17. The van der Waals surface area contributed by atoms with E-state index in [1.165, 1.54) is 12.4 Å². The lowest BCUT2D eigenvalue weighted by atomic mass is 10.2. The van der Waals surface area contributed by atoms with E-state index in [2.05, 4.69) is 15.4 Å². The first-order valence-corrected chi connectivity index (χ1v) is 5.06. The van der Waals surface area contributed by atoms with Gasteiger partial charge in [0.2, 0.25) is 0 Å². The lowest BCUT2D eigenvalue weighted by Crippen LogP contribution is -2.14. The highest BCUT2D eigenvalue weighted by atomic mass is 19.1. The minimum atomic E-state index is -0.214. The van der Waals surface area contributed by atoms with Crippen LogP contribution in [0.3, 0.4) is 0 Å². The van der Waals surface area contributed by atoms with Gasteiger partial charge in [-0.25, -0.2) is 14.1 Å². The summed E-state index contributed by atoms with van der Waals surface area (Å²) in [5.41, 5.74) is 0.616. The second-order valence-corrected chi connectivity index (χ2v) is 3.46. The van der Waals surface area contributed by atoms with Crippen molar-refractivity contribution >= 4 is 0 Å². The van der Waals surface area contributed by atoms with Gasteiger partial charge in [-0.1, -0.05) is 18.2 Å². The van der Waals surface area contributed by atoms with Crippen LogP contribution in [0.4, 0.5) is 4.39 Å². The van der Waals surface area contributed by atoms with Crippen molar-refractivity contribution in [1.29, 1.82) is 0 Å². The second kappa shape index (κ2) is 4.85. The smallest absolute Gasteiger partial charge is 0.141 e. The molecule has 0 aliphatic carbocycles. The molecule has 5 heteroatoms. The highest BCUT2D eigenvalue weighted by Crippen LogP contribution is 2.08. The van der Waals surface area contributed by atoms with Gasteiger partial charge < -0.3 is 5.32 Å². The third-order valence-corrected chi connectivity index (χ3v) is 2.31. The maximum atomic E-state index is 13.4. The fraction of sp³-hybridized carbons (Fsp3) is 0.273. The number of nitrogens with zero attached hydrogens (tertiary/aromatic N) is 3. The molecule has 4 nitrogen and oxygen atoms in total. The van der Waals surface area contributed by atoms with E-state index in [1.54, 1.807) is 16.8 Å². The minimum Gasteiger partial charge on any atom is -0.313 e. The predicted molar refractivity (Wildman–Crippen MR) is 58.3 cm³/mol. The van der Waals surface area contributed by atoms with Gasteiger partial charge in [0.15, 0.2) is 0 Å². The maximum Gasteiger partial charge on any atom is 0.141 e. The molecule has 0 radical (unpaired) electrons. The number of rotatable bonds is 4. The molecule has 0 saturated heterocycles. The largest absolute Gasteiger partial charge is 0.313 e. The van der Waals surface area contributed by atoms with Crippen LogP contribution in [-0.2, 0) is 13.1 Å². The molecule has 16 heavy (non-hydrogen) atoms. The van der Waals surface area contributed by atoms with Crippen molar-refractivity contribution in [2.24, 2.45) is 0 Å². The van der Waals surface area contributed by atoms with Crippen molar-refractivity contribution in [3.8, 4) is 0 Å². The van der Waals surface area contributed by atoms with E-state index in [0.717, 1.165) is 5.82 Å². The Labute approximate surface area is 93.1 Å². The number of aromatic nitrogens is 3. The quantitative estimate of drug-likeness (QED) is 0.841. The molecule has 0 unspecified atom stereocenters. The third kappa shape index (κ3) is 2.25. The molecular weight excluding hydrogens is 207 g/mol. The number of benzene rings is 1. The first kappa shape index (κ1) is 10.8. The number of nitrogens with one attached hydrogen (secondary N) is 1. The number of hydrogen-bond donors (Lipinski definition) is 1. The van der Waals surface area contributed by atoms with Gasteiger partial charge in [-0.05, 0) is 13.1 Å². The zero-order valence-corrected chi connectivity index (χ0v) is 9.02. The molecule has 2 rings (SSSR count).